The molecule has 8 heteroatoms. The van der Waals surface area contributed by atoms with E-state index in [9.17, 15) is 5.11 Å². The summed E-state index contributed by atoms with van der Waals surface area (Å²) in [4.78, 5) is 18.2. The summed E-state index contributed by atoms with van der Waals surface area (Å²) < 4.78 is 7.66. The number of rotatable bonds is 6. The van der Waals surface area contributed by atoms with E-state index in [1.807, 2.05) is 12.1 Å². The molecule has 2 heterocycles. The zero-order valence-corrected chi connectivity index (χ0v) is 17.5. The van der Waals surface area contributed by atoms with Crippen molar-refractivity contribution < 1.29 is 29.3 Å². The van der Waals surface area contributed by atoms with E-state index in [4.69, 9.17) is 24.2 Å². The van der Waals surface area contributed by atoms with Crippen molar-refractivity contribution in [3.63, 3.8) is 0 Å². The number of benzene rings is 1. The number of fused-ring (bicyclic) bond motifs is 3. The summed E-state index contributed by atoms with van der Waals surface area (Å²) in [6, 6.07) is 10.5. The van der Waals surface area contributed by atoms with Gasteiger partial charge >= 0.3 is 11.9 Å². The Kier molecular flexibility index (Phi) is 7.49. The number of aryl methyl sites for hydroxylation is 2. The van der Waals surface area contributed by atoms with E-state index in [-0.39, 0.29) is 0 Å². The summed E-state index contributed by atoms with van der Waals surface area (Å²) >= 11 is 0. The van der Waals surface area contributed by atoms with Crippen LogP contribution in [0.2, 0.25) is 0 Å². The Morgan fingerprint density at radius 1 is 1.16 bits per heavy atom. The quantitative estimate of drug-likeness (QED) is 0.445. The zero-order valence-electron chi connectivity index (χ0n) is 17.5. The van der Waals surface area contributed by atoms with Crippen LogP contribution in [0, 0.1) is 6.92 Å². The first-order chi connectivity index (χ1) is 14.9. The Labute approximate surface area is 180 Å². The van der Waals surface area contributed by atoms with Crippen molar-refractivity contribution >= 4 is 22.8 Å². The van der Waals surface area contributed by atoms with Crippen molar-refractivity contribution in [3.05, 3.63) is 59.2 Å². The average Bonchev–Trinajstić information content (AvgIpc) is 3.35. The predicted molar refractivity (Wildman–Crippen MR) is 115 cm³/mol. The fraction of sp³-hybridized carbons (Fsp3) is 0.391. The smallest absolute Gasteiger partial charge is 0.414 e. The molecule has 4 N–H and O–H groups in total. The number of aromatic nitrogens is 1. The van der Waals surface area contributed by atoms with Gasteiger partial charge in [-0.2, -0.15) is 0 Å². The molecule has 0 fully saturated rings. The minimum Gasteiger partial charge on any atom is -0.473 e. The van der Waals surface area contributed by atoms with Crippen LogP contribution in [0.15, 0.2) is 41.0 Å². The van der Waals surface area contributed by atoms with E-state index in [0.29, 0.717) is 19.6 Å². The van der Waals surface area contributed by atoms with E-state index in [2.05, 4.69) is 35.0 Å². The topological polar surface area (TPSA) is 125 Å². The number of carboxylic acid groups (broad SMARTS) is 2. The van der Waals surface area contributed by atoms with Gasteiger partial charge in [0.05, 0.1) is 25.5 Å². The fourth-order valence-corrected chi connectivity index (χ4v) is 4.01. The van der Waals surface area contributed by atoms with Crippen LogP contribution in [-0.4, -0.2) is 44.5 Å². The number of furan rings is 1. The van der Waals surface area contributed by atoms with Crippen LogP contribution in [0.25, 0.3) is 10.9 Å². The van der Waals surface area contributed by atoms with E-state index >= 15 is 0 Å². The Morgan fingerprint density at radius 2 is 1.90 bits per heavy atom. The van der Waals surface area contributed by atoms with Gasteiger partial charge in [-0.15, -0.1) is 0 Å². The van der Waals surface area contributed by atoms with Gasteiger partial charge < -0.3 is 29.6 Å². The van der Waals surface area contributed by atoms with Gasteiger partial charge in [0.25, 0.3) is 0 Å². The molecule has 1 aliphatic carbocycles. The van der Waals surface area contributed by atoms with Crippen molar-refractivity contribution in [3.8, 4) is 0 Å². The van der Waals surface area contributed by atoms with Gasteiger partial charge in [0.1, 0.15) is 5.76 Å². The first-order valence-electron chi connectivity index (χ1n) is 10.3. The monoisotopic (exact) mass is 428 g/mol. The maximum Gasteiger partial charge on any atom is 0.414 e. The first kappa shape index (κ1) is 22.6. The van der Waals surface area contributed by atoms with Crippen LogP contribution in [0.1, 0.15) is 35.4 Å². The lowest BCUT2D eigenvalue weighted by molar-refractivity contribution is -0.159. The average molecular weight is 428 g/mol. The van der Waals surface area contributed by atoms with Gasteiger partial charge in [-0.25, -0.2) is 9.59 Å². The Bertz CT molecular complexity index is 1030. The van der Waals surface area contributed by atoms with Gasteiger partial charge in [0.2, 0.25) is 0 Å². The third-order valence-electron chi connectivity index (χ3n) is 5.37. The van der Waals surface area contributed by atoms with E-state index in [1.165, 1.54) is 40.6 Å². The summed E-state index contributed by atoms with van der Waals surface area (Å²) in [6.45, 7) is 3.99. The molecular weight excluding hydrogens is 400 g/mol. The highest BCUT2D eigenvalue weighted by Crippen LogP contribution is 2.33. The minimum absolute atomic E-state index is 0.419. The van der Waals surface area contributed by atoms with Crippen molar-refractivity contribution in [2.75, 3.05) is 6.54 Å². The molecule has 2 aromatic heterocycles. The normalized spacial score (nSPS) is 13.9. The molecule has 0 radical (unpaired) electrons. The number of nitrogens with one attached hydrogen (secondary N) is 1. The van der Waals surface area contributed by atoms with E-state index in [1.54, 1.807) is 6.26 Å². The summed E-state index contributed by atoms with van der Waals surface area (Å²) in [5.41, 5.74) is 5.50. The molecule has 1 aromatic carbocycles. The van der Waals surface area contributed by atoms with Crippen molar-refractivity contribution in [2.24, 2.45) is 0 Å². The van der Waals surface area contributed by atoms with Crippen LogP contribution in [0.3, 0.4) is 0 Å². The molecular formula is C23H28N2O6. The van der Waals surface area contributed by atoms with Gasteiger partial charge in [-0.1, -0.05) is 11.6 Å². The first-order valence-corrected chi connectivity index (χ1v) is 10.3. The standard InChI is InChI=1S/C21H26N2O2.C2H2O4/c1-15-8-9-21-19(11-15)18-6-2-3-7-20(18)23(21)14-16(24)12-22-13-17-5-4-10-25-17;3-1(4)2(5)6/h4-5,8-11,16,22,24H,2-3,6-7,12-14H2,1H3;(H,3,4)(H,5,6). The van der Waals surface area contributed by atoms with Crippen molar-refractivity contribution in [1.29, 1.82) is 0 Å². The van der Waals surface area contributed by atoms with Crippen LogP contribution in [0.4, 0.5) is 0 Å². The molecule has 0 amide bonds. The molecule has 0 spiro atoms. The molecule has 1 atom stereocenters. The molecule has 8 nitrogen and oxygen atoms in total. The fourth-order valence-electron chi connectivity index (χ4n) is 4.01. The Balaban J connectivity index is 0.000000401. The molecule has 0 aliphatic heterocycles. The van der Waals surface area contributed by atoms with E-state index in [0.717, 1.165) is 18.6 Å². The molecule has 3 aromatic rings. The number of hydrogen-bond donors (Lipinski definition) is 4. The molecule has 0 saturated carbocycles. The second kappa shape index (κ2) is 10.3. The summed E-state index contributed by atoms with van der Waals surface area (Å²) in [6.07, 6.45) is 6.05. The minimum atomic E-state index is -1.82. The molecule has 31 heavy (non-hydrogen) atoms. The zero-order chi connectivity index (χ0) is 22.4. The number of aliphatic hydroxyl groups is 1. The van der Waals surface area contributed by atoms with Crippen LogP contribution in [0.5, 0.6) is 0 Å². The third kappa shape index (κ3) is 5.74. The highest BCUT2D eigenvalue weighted by Gasteiger charge is 2.21. The number of nitrogens with zero attached hydrogens (tertiary/aromatic N) is 1. The lowest BCUT2D eigenvalue weighted by Crippen LogP contribution is -2.30. The van der Waals surface area contributed by atoms with Gasteiger partial charge in [-0.05, 0) is 62.4 Å². The number of carbonyl (C=O) groups is 2. The number of aliphatic carboxylic acids is 2. The predicted octanol–water partition coefficient (Wildman–Crippen LogP) is 2.73. The van der Waals surface area contributed by atoms with Crippen molar-refractivity contribution in [1.82, 2.24) is 9.88 Å². The largest absolute Gasteiger partial charge is 0.473 e. The molecule has 166 valence electrons. The number of hydrogen-bond acceptors (Lipinski definition) is 5. The summed E-state index contributed by atoms with van der Waals surface area (Å²) in [5.74, 6) is -2.75. The van der Waals surface area contributed by atoms with Gasteiger partial charge in [0, 0.05) is 23.1 Å². The number of aliphatic hydroxyl groups excluding tert-OH is 1. The van der Waals surface area contributed by atoms with Crippen molar-refractivity contribution in [2.45, 2.75) is 51.8 Å². The van der Waals surface area contributed by atoms with Crippen LogP contribution in [-0.2, 0) is 35.5 Å². The maximum atomic E-state index is 10.6. The Morgan fingerprint density at radius 3 is 2.58 bits per heavy atom. The maximum absolute atomic E-state index is 10.6. The highest BCUT2D eigenvalue weighted by atomic mass is 16.4. The lowest BCUT2D eigenvalue weighted by atomic mass is 9.95. The molecule has 4 rings (SSSR count). The summed E-state index contributed by atoms with van der Waals surface area (Å²) in [7, 11) is 0. The lowest BCUT2D eigenvalue weighted by Gasteiger charge is -2.19. The molecule has 0 saturated heterocycles. The summed E-state index contributed by atoms with van der Waals surface area (Å²) in [5, 5.41) is 30.0. The second-order valence-corrected chi connectivity index (χ2v) is 7.74. The van der Waals surface area contributed by atoms with Gasteiger partial charge in [0.15, 0.2) is 0 Å². The van der Waals surface area contributed by atoms with Gasteiger partial charge in [-0.3, -0.25) is 0 Å². The second-order valence-electron chi connectivity index (χ2n) is 7.74. The molecule has 1 unspecified atom stereocenters. The van der Waals surface area contributed by atoms with E-state index < -0.39 is 18.0 Å². The SMILES string of the molecule is Cc1ccc2c(c1)c1c(n2CC(O)CNCc2ccco2)CCCC1.O=C(O)C(=O)O. The molecule has 0 bridgehead atoms. The third-order valence-corrected chi connectivity index (χ3v) is 5.37. The van der Waals surface area contributed by atoms with Crippen LogP contribution < -0.4 is 5.32 Å². The number of carboxylic acids is 2. The van der Waals surface area contributed by atoms with Crippen LogP contribution >= 0.6 is 0 Å². The Hall–Kier alpha value is -3.10. The highest BCUT2D eigenvalue weighted by molar-refractivity contribution is 6.27. The molecule has 1 aliphatic rings.